The Labute approximate surface area is 140 Å². The first kappa shape index (κ1) is 14.5. The third kappa shape index (κ3) is 1.91. The summed E-state index contributed by atoms with van der Waals surface area (Å²) in [5.41, 5.74) is 13.0. The van der Waals surface area contributed by atoms with Crippen molar-refractivity contribution in [1.82, 2.24) is 20.2 Å². The summed E-state index contributed by atoms with van der Waals surface area (Å²) in [4.78, 5) is 26.6. The second kappa shape index (κ2) is 4.97. The van der Waals surface area contributed by atoms with Crippen LogP contribution < -0.4 is 11.5 Å². The molecule has 1 aliphatic rings. The maximum atomic E-state index is 12.9. The number of anilines is 2. The summed E-state index contributed by atoms with van der Waals surface area (Å²) in [6.07, 6.45) is 0. The number of nitriles is 1. The maximum Gasteiger partial charge on any atom is 0.274 e. The van der Waals surface area contributed by atoms with Crippen LogP contribution in [0.25, 0.3) is 5.69 Å². The van der Waals surface area contributed by atoms with Gasteiger partial charge >= 0.3 is 0 Å². The minimum atomic E-state index is -0.406. The standard InChI is InChI=1S/C16H9N7O2/c17-6-11-20-22-23(21-11)10-5-9(18)12-13(14(10)19)16(25)8-4-2-1-3-7(8)15(12)24/h1-5H,18-19H2. The summed E-state index contributed by atoms with van der Waals surface area (Å²) < 4.78 is 0. The number of aromatic nitrogens is 4. The zero-order valence-electron chi connectivity index (χ0n) is 12.6. The molecule has 0 unspecified atom stereocenters. The van der Waals surface area contributed by atoms with Gasteiger partial charge in [-0.15, -0.1) is 9.90 Å². The average molecular weight is 331 g/mol. The molecule has 4 N–H and O–H groups in total. The van der Waals surface area contributed by atoms with Gasteiger partial charge in [0.15, 0.2) is 11.6 Å². The molecule has 0 spiro atoms. The lowest BCUT2D eigenvalue weighted by Gasteiger charge is -2.21. The minimum absolute atomic E-state index is 0.000979. The molecule has 0 radical (unpaired) electrons. The molecule has 25 heavy (non-hydrogen) atoms. The van der Waals surface area contributed by atoms with E-state index >= 15 is 0 Å². The van der Waals surface area contributed by atoms with Crippen LogP contribution >= 0.6 is 0 Å². The van der Waals surface area contributed by atoms with Crippen LogP contribution in [0.5, 0.6) is 0 Å². The molecule has 1 heterocycles. The van der Waals surface area contributed by atoms with Crippen molar-refractivity contribution < 1.29 is 9.59 Å². The van der Waals surface area contributed by atoms with Crippen molar-refractivity contribution in [2.75, 3.05) is 11.5 Å². The monoisotopic (exact) mass is 331 g/mol. The van der Waals surface area contributed by atoms with Crippen LogP contribution in [0.15, 0.2) is 30.3 Å². The van der Waals surface area contributed by atoms with Crippen LogP contribution in [0, 0.1) is 11.3 Å². The van der Waals surface area contributed by atoms with E-state index in [4.69, 9.17) is 16.7 Å². The summed E-state index contributed by atoms with van der Waals surface area (Å²) in [5.74, 6) is -0.939. The highest BCUT2D eigenvalue weighted by Crippen LogP contribution is 2.37. The predicted octanol–water partition coefficient (Wildman–Crippen LogP) is 0.474. The number of fused-ring (bicyclic) bond motifs is 2. The van der Waals surface area contributed by atoms with Gasteiger partial charge in [0.2, 0.25) is 0 Å². The van der Waals surface area contributed by atoms with Crippen molar-refractivity contribution in [1.29, 1.82) is 5.26 Å². The first-order chi connectivity index (χ1) is 12.0. The zero-order chi connectivity index (χ0) is 17.7. The topological polar surface area (TPSA) is 154 Å². The number of benzene rings is 2. The van der Waals surface area contributed by atoms with E-state index in [1.807, 2.05) is 0 Å². The third-order valence-corrected chi connectivity index (χ3v) is 3.98. The van der Waals surface area contributed by atoms with E-state index in [1.165, 1.54) is 6.07 Å². The Bertz CT molecular complexity index is 1120. The van der Waals surface area contributed by atoms with E-state index in [2.05, 4.69) is 15.4 Å². The lowest BCUT2D eigenvalue weighted by atomic mass is 9.82. The molecule has 0 atom stereocenters. The number of rotatable bonds is 1. The second-order valence-electron chi connectivity index (χ2n) is 5.37. The number of tetrazole rings is 1. The van der Waals surface area contributed by atoms with E-state index < -0.39 is 5.78 Å². The zero-order valence-corrected chi connectivity index (χ0v) is 12.6. The van der Waals surface area contributed by atoms with Crippen LogP contribution in [-0.2, 0) is 0 Å². The summed E-state index contributed by atoms with van der Waals surface area (Å²) in [5, 5.41) is 19.9. The van der Waals surface area contributed by atoms with Crippen molar-refractivity contribution in [3.63, 3.8) is 0 Å². The fourth-order valence-corrected chi connectivity index (χ4v) is 2.86. The molecule has 9 nitrogen and oxygen atoms in total. The van der Waals surface area contributed by atoms with E-state index in [0.29, 0.717) is 0 Å². The van der Waals surface area contributed by atoms with Crippen LogP contribution in [0.3, 0.4) is 0 Å². The van der Waals surface area contributed by atoms with Gasteiger partial charge in [0.05, 0.1) is 16.8 Å². The Hall–Kier alpha value is -4.06. The molecule has 2 aromatic carbocycles. The molecule has 0 saturated heterocycles. The van der Waals surface area contributed by atoms with Gasteiger partial charge in [0, 0.05) is 16.8 Å². The van der Waals surface area contributed by atoms with E-state index in [0.717, 1.165) is 4.80 Å². The van der Waals surface area contributed by atoms with E-state index in [9.17, 15) is 9.59 Å². The molecule has 0 amide bonds. The van der Waals surface area contributed by atoms with Gasteiger partial charge in [0.1, 0.15) is 11.8 Å². The molecule has 0 bridgehead atoms. The fourth-order valence-electron chi connectivity index (χ4n) is 2.86. The Morgan fingerprint density at radius 3 is 2.28 bits per heavy atom. The van der Waals surface area contributed by atoms with Gasteiger partial charge in [-0.3, -0.25) is 9.59 Å². The Morgan fingerprint density at radius 2 is 1.68 bits per heavy atom. The van der Waals surface area contributed by atoms with Crippen molar-refractivity contribution in [3.8, 4) is 11.8 Å². The number of hydrogen-bond acceptors (Lipinski definition) is 8. The predicted molar refractivity (Wildman–Crippen MR) is 86.0 cm³/mol. The first-order valence-corrected chi connectivity index (χ1v) is 7.13. The van der Waals surface area contributed by atoms with Gasteiger partial charge in [-0.05, 0) is 11.3 Å². The number of carbonyl (C=O) groups is 2. The van der Waals surface area contributed by atoms with Crippen molar-refractivity contribution in [2.24, 2.45) is 0 Å². The highest BCUT2D eigenvalue weighted by molar-refractivity contribution is 6.32. The smallest absolute Gasteiger partial charge is 0.274 e. The van der Waals surface area contributed by atoms with Gasteiger partial charge in [-0.1, -0.05) is 29.4 Å². The maximum absolute atomic E-state index is 12.9. The quantitative estimate of drug-likeness (QED) is 0.477. The van der Waals surface area contributed by atoms with Gasteiger partial charge in [-0.25, -0.2) is 0 Å². The van der Waals surface area contributed by atoms with E-state index in [-0.39, 0.29) is 50.9 Å². The normalized spacial score (nSPS) is 12.4. The van der Waals surface area contributed by atoms with E-state index in [1.54, 1.807) is 30.3 Å². The first-order valence-electron chi connectivity index (χ1n) is 7.13. The van der Waals surface area contributed by atoms with Crippen molar-refractivity contribution in [2.45, 2.75) is 0 Å². The molecule has 4 rings (SSSR count). The van der Waals surface area contributed by atoms with Crippen LogP contribution in [-0.4, -0.2) is 31.8 Å². The largest absolute Gasteiger partial charge is 0.398 e. The third-order valence-electron chi connectivity index (χ3n) is 3.98. The van der Waals surface area contributed by atoms with Gasteiger partial charge in [-0.2, -0.15) is 5.26 Å². The molecule has 3 aromatic rings. The molecule has 9 heteroatoms. The Morgan fingerprint density at radius 1 is 1.04 bits per heavy atom. The molecule has 0 saturated carbocycles. The van der Waals surface area contributed by atoms with Crippen LogP contribution in [0.4, 0.5) is 11.4 Å². The molecule has 1 aliphatic carbocycles. The molecule has 0 aliphatic heterocycles. The fraction of sp³-hybridized carbons (Fsp3) is 0. The molecule has 1 aromatic heterocycles. The summed E-state index contributed by atoms with van der Waals surface area (Å²) in [6.45, 7) is 0. The molecular weight excluding hydrogens is 322 g/mol. The molecule has 120 valence electrons. The minimum Gasteiger partial charge on any atom is -0.398 e. The Balaban J connectivity index is 2.01. The number of nitrogens with two attached hydrogens (primary N) is 2. The number of ketones is 2. The van der Waals surface area contributed by atoms with Crippen molar-refractivity contribution >= 4 is 22.9 Å². The van der Waals surface area contributed by atoms with Crippen LogP contribution in [0.2, 0.25) is 0 Å². The number of hydrogen-bond donors (Lipinski definition) is 2. The summed E-state index contributed by atoms with van der Waals surface area (Å²) in [7, 11) is 0. The number of nitrogens with zero attached hydrogens (tertiary/aromatic N) is 5. The summed E-state index contributed by atoms with van der Waals surface area (Å²) in [6, 6.07) is 9.59. The van der Waals surface area contributed by atoms with Crippen molar-refractivity contribution in [3.05, 3.63) is 58.4 Å². The molecule has 0 fully saturated rings. The highest BCUT2D eigenvalue weighted by atomic mass is 16.1. The Kier molecular flexibility index (Phi) is 2.89. The lowest BCUT2D eigenvalue weighted by Crippen LogP contribution is -2.25. The number of nitrogen functional groups attached to an aromatic ring is 2. The number of carbonyl (C=O) groups excluding carboxylic acids is 2. The highest BCUT2D eigenvalue weighted by Gasteiger charge is 2.34. The lowest BCUT2D eigenvalue weighted by molar-refractivity contribution is 0.0980. The second-order valence-corrected chi connectivity index (χ2v) is 5.37. The van der Waals surface area contributed by atoms with Crippen LogP contribution in [0.1, 0.15) is 37.7 Å². The average Bonchev–Trinajstić information content (AvgIpc) is 3.10. The van der Waals surface area contributed by atoms with Gasteiger partial charge < -0.3 is 11.5 Å². The van der Waals surface area contributed by atoms with Gasteiger partial charge in [0.25, 0.3) is 5.82 Å². The molecular formula is C16H9N7O2. The SMILES string of the molecule is N#Cc1nnn(-c2cc(N)c3c(c2N)C(=O)c2ccccc2C3=O)n1. The summed E-state index contributed by atoms with van der Waals surface area (Å²) >= 11 is 0.